The molecular weight excluding hydrogens is 288 g/mol. The van der Waals surface area contributed by atoms with E-state index in [1.54, 1.807) is 4.90 Å². The van der Waals surface area contributed by atoms with Crippen LogP contribution in [0.2, 0.25) is 0 Å². The van der Waals surface area contributed by atoms with Crippen molar-refractivity contribution in [2.24, 2.45) is 5.41 Å². The number of hydrogen-bond donors (Lipinski definition) is 0. The lowest BCUT2D eigenvalue weighted by Gasteiger charge is -2.35. The molecular formula is C15H18N2O3S. The molecule has 1 aromatic carbocycles. The molecule has 1 aliphatic rings. The summed E-state index contributed by atoms with van der Waals surface area (Å²) in [5, 5.41) is 9.09. The Hall–Kier alpha value is -1.87. The first-order chi connectivity index (χ1) is 9.75. The van der Waals surface area contributed by atoms with Gasteiger partial charge < -0.3 is 4.90 Å². The highest BCUT2D eigenvalue weighted by Crippen LogP contribution is 2.30. The molecule has 1 aliphatic heterocycles. The van der Waals surface area contributed by atoms with E-state index >= 15 is 0 Å². The van der Waals surface area contributed by atoms with Crippen LogP contribution in [0.1, 0.15) is 30.1 Å². The van der Waals surface area contributed by atoms with Gasteiger partial charge in [0.2, 0.25) is 0 Å². The van der Waals surface area contributed by atoms with Gasteiger partial charge in [0.1, 0.15) is 0 Å². The van der Waals surface area contributed by atoms with Crippen LogP contribution in [-0.4, -0.2) is 38.6 Å². The van der Waals surface area contributed by atoms with E-state index in [0.29, 0.717) is 31.5 Å². The Morgan fingerprint density at radius 2 is 1.76 bits per heavy atom. The number of rotatable bonds is 2. The standard InChI is InChI=1S/C15H18N2O3S/c1-15(11-16)7-9-17(10-8-15)14(18)12-3-5-13(6-4-12)21(2,19)20/h3-6H,7-10H2,1-2H3. The molecule has 0 aromatic heterocycles. The number of carbonyl (C=O) groups excluding carboxylic acids is 1. The van der Waals surface area contributed by atoms with Crippen LogP contribution in [0.5, 0.6) is 0 Å². The van der Waals surface area contributed by atoms with Gasteiger partial charge in [-0.1, -0.05) is 0 Å². The normalized spacial score (nSPS) is 18.0. The molecule has 0 bridgehead atoms. The molecule has 0 saturated carbocycles. The van der Waals surface area contributed by atoms with Crippen LogP contribution in [0.4, 0.5) is 0 Å². The molecule has 1 aromatic rings. The maximum Gasteiger partial charge on any atom is 0.253 e. The third kappa shape index (κ3) is 3.42. The Balaban J connectivity index is 2.10. The molecule has 6 heteroatoms. The van der Waals surface area contributed by atoms with Gasteiger partial charge in [-0.15, -0.1) is 0 Å². The summed E-state index contributed by atoms with van der Waals surface area (Å²) >= 11 is 0. The molecule has 0 spiro atoms. The second-order valence-electron chi connectivity index (χ2n) is 5.76. The van der Waals surface area contributed by atoms with Gasteiger partial charge in [0.05, 0.1) is 16.4 Å². The average molecular weight is 306 g/mol. The Morgan fingerprint density at radius 1 is 1.24 bits per heavy atom. The molecule has 0 atom stereocenters. The quantitative estimate of drug-likeness (QED) is 0.835. The summed E-state index contributed by atoms with van der Waals surface area (Å²) in [6, 6.07) is 8.28. The largest absolute Gasteiger partial charge is 0.339 e. The van der Waals surface area contributed by atoms with Gasteiger partial charge in [0.15, 0.2) is 9.84 Å². The highest BCUT2D eigenvalue weighted by atomic mass is 32.2. The first-order valence-electron chi connectivity index (χ1n) is 6.76. The fourth-order valence-electron chi connectivity index (χ4n) is 2.34. The van der Waals surface area contributed by atoms with E-state index in [4.69, 9.17) is 5.26 Å². The summed E-state index contributed by atoms with van der Waals surface area (Å²) in [6.45, 7) is 3.02. The summed E-state index contributed by atoms with van der Waals surface area (Å²) in [5.41, 5.74) is 0.125. The van der Waals surface area contributed by atoms with Crippen molar-refractivity contribution in [1.82, 2.24) is 4.90 Å². The number of piperidine rings is 1. The fraction of sp³-hybridized carbons (Fsp3) is 0.467. The van der Waals surface area contributed by atoms with Crippen LogP contribution < -0.4 is 0 Å². The molecule has 112 valence electrons. The summed E-state index contributed by atoms with van der Waals surface area (Å²) in [4.78, 5) is 14.3. The third-order valence-electron chi connectivity index (χ3n) is 3.95. The maximum atomic E-state index is 12.4. The Morgan fingerprint density at radius 3 is 2.19 bits per heavy atom. The number of likely N-dealkylation sites (tertiary alicyclic amines) is 1. The van der Waals surface area contributed by atoms with E-state index in [0.717, 1.165) is 6.26 Å². The highest BCUT2D eigenvalue weighted by Gasteiger charge is 2.32. The van der Waals surface area contributed by atoms with E-state index in [2.05, 4.69) is 6.07 Å². The minimum absolute atomic E-state index is 0.116. The number of hydrogen-bond acceptors (Lipinski definition) is 4. The maximum absolute atomic E-state index is 12.4. The molecule has 1 fully saturated rings. The van der Waals surface area contributed by atoms with E-state index in [1.165, 1.54) is 24.3 Å². The number of benzene rings is 1. The van der Waals surface area contributed by atoms with Crippen LogP contribution >= 0.6 is 0 Å². The highest BCUT2D eigenvalue weighted by molar-refractivity contribution is 7.90. The number of sulfone groups is 1. The second-order valence-corrected chi connectivity index (χ2v) is 7.78. The van der Waals surface area contributed by atoms with E-state index < -0.39 is 9.84 Å². The minimum Gasteiger partial charge on any atom is -0.339 e. The lowest BCUT2D eigenvalue weighted by atomic mass is 9.82. The summed E-state index contributed by atoms with van der Waals surface area (Å²) in [6.07, 6.45) is 2.46. The zero-order valence-electron chi connectivity index (χ0n) is 12.2. The number of carbonyl (C=O) groups is 1. The molecule has 2 rings (SSSR count). The molecule has 0 radical (unpaired) electrons. The van der Waals surface area contributed by atoms with Crippen molar-refractivity contribution >= 4 is 15.7 Å². The third-order valence-corrected chi connectivity index (χ3v) is 5.08. The van der Waals surface area contributed by atoms with Crippen molar-refractivity contribution in [3.05, 3.63) is 29.8 Å². The SMILES string of the molecule is CC1(C#N)CCN(C(=O)c2ccc(S(C)(=O)=O)cc2)CC1. The lowest BCUT2D eigenvalue weighted by molar-refractivity contribution is 0.0661. The molecule has 0 aliphatic carbocycles. The van der Waals surface area contributed by atoms with Crippen LogP contribution in [0, 0.1) is 16.7 Å². The van der Waals surface area contributed by atoms with Crippen LogP contribution in [0.25, 0.3) is 0 Å². The van der Waals surface area contributed by atoms with E-state index in [9.17, 15) is 13.2 Å². The van der Waals surface area contributed by atoms with Crippen molar-refractivity contribution < 1.29 is 13.2 Å². The van der Waals surface area contributed by atoms with Crippen LogP contribution in [0.15, 0.2) is 29.2 Å². The van der Waals surface area contributed by atoms with Crippen LogP contribution in [-0.2, 0) is 9.84 Å². The Kier molecular flexibility index (Phi) is 4.06. The van der Waals surface area contributed by atoms with E-state index in [1.807, 2.05) is 6.92 Å². The van der Waals surface area contributed by atoms with Gasteiger partial charge in [-0.3, -0.25) is 4.79 Å². The first-order valence-corrected chi connectivity index (χ1v) is 8.65. The molecule has 0 unspecified atom stereocenters. The second kappa shape index (κ2) is 5.49. The lowest BCUT2D eigenvalue weighted by Crippen LogP contribution is -2.41. The smallest absolute Gasteiger partial charge is 0.253 e. The van der Waals surface area contributed by atoms with Gasteiger partial charge in [0.25, 0.3) is 5.91 Å². The summed E-state index contributed by atoms with van der Waals surface area (Å²) in [7, 11) is -3.25. The van der Waals surface area contributed by atoms with Crippen molar-refractivity contribution in [3.63, 3.8) is 0 Å². The fourth-order valence-corrected chi connectivity index (χ4v) is 2.97. The predicted octanol–water partition coefficient (Wildman–Crippen LogP) is 1.86. The number of nitrogens with zero attached hydrogens (tertiary/aromatic N) is 2. The molecule has 5 nitrogen and oxygen atoms in total. The molecule has 1 heterocycles. The average Bonchev–Trinajstić information content (AvgIpc) is 2.47. The zero-order chi connectivity index (χ0) is 15.7. The Labute approximate surface area is 125 Å². The van der Waals surface area contributed by atoms with Crippen molar-refractivity contribution in [2.45, 2.75) is 24.7 Å². The van der Waals surface area contributed by atoms with Gasteiger partial charge in [-0.05, 0) is 44.0 Å². The number of nitriles is 1. The minimum atomic E-state index is -3.25. The van der Waals surface area contributed by atoms with Gasteiger partial charge >= 0.3 is 0 Å². The van der Waals surface area contributed by atoms with Gasteiger partial charge in [-0.2, -0.15) is 5.26 Å². The topological polar surface area (TPSA) is 78.2 Å². The molecule has 1 saturated heterocycles. The number of amides is 1. The van der Waals surface area contributed by atoms with Gasteiger partial charge in [0, 0.05) is 24.9 Å². The van der Waals surface area contributed by atoms with Crippen molar-refractivity contribution in [3.8, 4) is 6.07 Å². The molecule has 21 heavy (non-hydrogen) atoms. The molecule has 0 N–H and O–H groups in total. The predicted molar refractivity (Wildman–Crippen MR) is 78.4 cm³/mol. The summed E-state index contributed by atoms with van der Waals surface area (Å²) in [5.74, 6) is -0.116. The Bertz CT molecular complexity index is 679. The van der Waals surface area contributed by atoms with Crippen LogP contribution in [0.3, 0.4) is 0 Å². The van der Waals surface area contributed by atoms with Crippen molar-refractivity contribution in [1.29, 1.82) is 5.26 Å². The monoisotopic (exact) mass is 306 g/mol. The summed E-state index contributed by atoms with van der Waals surface area (Å²) < 4.78 is 22.8. The van der Waals surface area contributed by atoms with Crippen molar-refractivity contribution in [2.75, 3.05) is 19.3 Å². The zero-order valence-corrected chi connectivity index (χ0v) is 13.0. The van der Waals surface area contributed by atoms with Gasteiger partial charge in [-0.25, -0.2) is 8.42 Å². The van der Waals surface area contributed by atoms with E-state index in [-0.39, 0.29) is 16.2 Å². The first kappa shape index (κ1) is 15.5. The molecule has 1 amide bonds.